The highest BCUT2D eigenvalue weighted by Gasteiger charge is 2.07. The molecule has 0 aromatic heterocycles. The Kier molecular flexibility index (Phi) is 2.94. The van der Waals surface area contributed by atoms with E-state index in [2.05, 4.69) is 11.1 Å². The van der Waals surface area contributed by atoms with E-state index in [9.17, 15) is 0 Å². The minimum Gasteiger partial charge on any atom is -0.392 e. The third kappa shape index (κ3) is 2.02. The summed E-state index contributed by atoms with van der Waals surface area (Å²) in [6.45, 7) is 1.07. The fraction of sp³-hybridized carbons (Fsp3) is 0.417. The predicted molar refractivity (Wildman–Crippen MR) is 57.6 cm³/mol. The average Bonchev–Trinajstić information content (AvgIpc) is 2.30. The lowest BCUT2D eigenvalue weighted by atomic mass is 10.0. The zero-order chi connectivity index (χ0) is 9.80. The number of aliphatic imine (C=N–C) groups is 1. The highest BCUT2D eigenvalue weighted by Crippen LogP contribution is 2.14. The Morgan fingerprint density at radius 3 is 2.93 bits per heavy atom. The van der Waals surface area contributed by atoms with Gasteiger partial charge in [-0.05, 0) is 36.5 Å². The van der Waals surface area contributed by atoms with Gasteiger partial charge in [-0.1, -0.05) is 18.2 Å². The van der Waals surface area contributed by atoms with E-state index < -0.39 is 0 Å². The summed E-state index contributed by atoms with van der Waals surface area (Å²) in [5, 5.41) is 9.02. The van der Waals surface area contributed by atoms with Crippen LogP contribution in [0, 0.1) is 0 Å². The van der Waals surface area contributed by atoms with Crippen molar-refractivity contribution in [2.45, 2.75) is 25.9 Å². The van der Waals surface area contributed by atoms with Gasteiger partial charge < -0.3 is 5.11 Å². The van der Waals surface area contributed by atoms with E-state index in [1.165, 1.54) is 24.1 Å². The van der Waals surface area contributed by atoms with Crippen LogP contribution in [-0.2, 0) is 6.61 Å². The van der Waals surface area contributed by atoms with Gasteiger partial charge in [0, 0.05) is 12.3 Å². The first-order valence-electron chi connectivity index (χ1n) is 5.13. The van der Waals surface area contributed by atoms with Crippen LogP contribution < -0.4 is 0 Å². The highest BCUT2D eigenvalue weighted by atomic mass is 16.3. The maximum Gasteiger partial charge on any atom is 0.0682 e. The van der Waals surface area contributed by atoms with Gasteiger partial charge in [0.2, 0.25) is 0 Å². The average molecular weight is 189 g/mol. The van der Waals surface area contributed by atoms with Crippen molar-refractivity contribution in [3.05, 3.63) is 35.4 Å². The van der Waals surface area contributed by atoms with Crippen LogP contribution in [0.4, 0.5) is 0 Å². The van der Waals surface area contributed by atoms with E-state index in [-0.39, 0.29) is 6.61 Å². The molecule has 0 spiro atoms. The molecular formula is C12H15NO. The van der Waals surface area contributed by atoms with Gasteiger partial charge in [-0.25, -0.2) is 0 Å². The molecule has 0 saturated carbocycles. The van der Waals surface area contributed by atoms with Crippen LogP contribution in [0.3, 0.4) is 0 Å². The predicted octanol–water partition coefficient (Wildman–Crippen LogP) is 2.15. The Hall–Kier alpha value is -1.15. The minimum atomic E-state index is 0.112. The molecule has 1 aliphatic rings. The molecule has 0 bridgehead atoms. The van der Waals surface area contributed by atoms with E-state index in [1.54, 1.807) is 0 Å². The summed E-state index contributed by atoms with van der Waals surface area (Å²) in [5.74, 6) is 0. The van der Waals surface area contributed by atoms with Crippen molar-refractivity contribution in [1.82, 2.24) is 0 Å². The Labute approximate surface area is 84.3 Å². The number of aliphatic hydroxyl groups excluding tert-OH is 1. The first-order chi connectivity index (χ1) is 6.90. The van der Waals surface area contributed by atoms with Crippen LogP contribution in [-0.4, -0.2) is 17.4 Å². The molecular weight excluding hydrogens is 174 g/mol. The largest absolute Gasteiger partial charge is 0.392 e. The first kappa shape index (κ1) is 9.41. The summed E-state index contributed by atoms with van der Waals surface area (Å²) >= 11 is 0. The lowest BCUT2D eigenvalue weighted by Gasteiger charge is -2.12. The third-order valence-electron chi connectivity index (χ3n) is 2.57. The van der Waals surface area contributed by atoms with E-state index in [4.69, 9.17) is 5.11 Å². The van der Waals surface area contributed by atoms with Crippen LogP contribution >= 0.6 is 0 Å². The van der Waals surface area contributed by atoms with E-state index in [1.807, 2.05) is 18.2 Å². The molecule has 0 fully saturated rings. The van der Waals surface area contributed by atoms with E-state index >= 15 is 0 Å². The van der Waals surface area contributed by atoms with Gasteiger partial charge in [0.25, 0.3) is 0 Å². The summed E-state index contributed by atoms with van der Waals surface area (Å²) in [7, 11) is 0. The van der Waals surface area contributed by atoms with Crippen LogP contribution in [0.25, 0.3) is 0 Å². The van der Waals surface area contributed by atoms with Crippen molar-refractivity contribution < 1.29 is 5.11 Å². The van der Waals surface area contributed by atoms with Crippen molar-refractivity contribution in [3.8, 4) is 0 Å². The van der Waals surface area contributed by atoms with Crippen LogP contribution in [0.15, 0.2) is 29.3 Å². The normalized spacial score (nSPS) is 16.5. The fourth-order valence-corrected chi connectivity index (χ4v) is 1.78. The van der Waals surface area contributed by atoms with Gasteiger partial charge in [-0.3, -0.25) is 4.99 Å². The SMILES string of the molecule is OCc1cccc(C2=NCCCC2)c1. The molecule has 2 rings (SSSR count). The zero-order valence-corrected chi connectivity index (χ0v) is 8.24. The summed E-state index contributed by atoms with van der Waals surface area (Å²) in [4.78, 5) is 4.51. The summed E-state index contributed by atoms with van der Waals surface area (Å²) in [5.41, 5.74) is 3.35. The Morgan fingerprint density at radius 2 is 2.21 bits per heavy atom. The molecule has 74 valence electrons. The molecule has 1 aliphatic heterocycles. The summed E-state index contributed by atoms with van der Waals surface area (Å²) < 4.78 is 0. The molecule has 14 heavy (non-hydrogen) atoms. The van der Waals surface area contributed by atoms with Gasteiger partial charge in [0.1, 0.15) is 0 Å². The number of aliphatic hydroxyl groups is 1. The standard InChI is InChI=1S/C12H15NO/c14-9-10-4-3-5-11(8-10)12-6-1-2-7-13-12/h3-5,8,14H,1-2,6-7,9H2. The molecule has 1 N–H and O–H groups in total. The molecule has 1 heterocycles. The lowest BCUT2D eigenvalue weighted by Crippen LogP contribution is -2.07. The third-order valence-corrected chi connectivity index (χ3v) is 2.57. The topological polar surface area (TPSA) is 32.6 Å². The number of nitrogens with zero attached hydrogens (tertiary/aromatic N) is 1. The maximum absolute atomic E-state index is 9.02. The van der Waals surface area contributed by atoms with Gasteiger partial charge in [-0.15, -0.1) is 0 Å². The molecule has 0 aliphatic carbocycles. The molecule has 0 saturated heterocycles. The van der Waals surface area contributed by atoms with Crippen molar-refractivity contribution in [3.63, 3.8) is 0 Å². The van der Waals surface area contributed by atoms with Crippen LogP contribution in [0.2, 0.25) is 0 Å². The molecule has 2 nitrogen and oxygen atoms in total. The minimum absolute atomic E-state index is 0.112. The first-order valence-corrected chi connectivity index (χ1v) is 5.13. The molecule has 1 aromatic rings. The zero-order valence-electron chi connectivity index (χ0n) is 8.24. The Bertz CT molecular complexity index is 344. The molecule has 0 radical (unpaired) electrons. The Morgan fingerprint density at radius 1 is 1.29 bits per heavy atom. The number of rotatable bonds is 2. The highest BCUT2D eigenvalue weighted by molar-refractivity contribution is 6.01. The van der Waals surface area contributed by atoms with Crippen molar-refractivity contribution in [1.29, 1.82) is 0 Å². The van der Waals surface area contributed by atoms with Crippen molar-refractivity contribution in [2.75, 3.05) is 6.54 Å². The number of benzene rings is 1. The summed E-state index contributed by atoms with van der Waals surface area (Å²) in [6.07, 6.45) is 3.53. The Balaban J connectivity index is 2.26. The molecule has 0 unspecified atom stereocenters. The van der Waals surface area contributed by atoms with Gasteiger partial charge in [0.05, 0.1) is 6.61 Å². The summed E-state index contributed by atoms with van der Waals surface area (Å²) in [6, 6.07) is 8.03. The van der Waals surface area contributed by atoms with Crippen molar-refractivity contribution >= 4 is 5.71 Å². The second-order valence-corrected chi connectivity index (χ2v) is 3.64. The number of hydrogen-bond donors (Lipinski definition) is 1. The van der Waals surface area contributed by atoms with Crippen LogP contribution in [0.1, 0.15) is 30.4 Å². The monoisotopic (exact) mass is 189 g/mol. The van der Waals surface area contributed by atoms with E-state index in [0.717, 1.165) is 18.5 Å². The number of hydrogen-bond acceptors (Lipinski definition) is 2. The van der Waals surface area contributed by atoms with Gasteiger partial charge in [0.15, 0.2) is 0 Å². The second-order valence-electron chi connectivity index (χ2n) is 3.64. The van der Waals surface area contributed by atoms with Crippen molar-refractivity contribution in [2.24, 2.45) is 4.99 Å². The molecule has 0 amide bonds. The smallest absolute Gasteiger partial charge is 0.0682 e. The van der Waals surface area contributed by atoms with Crippen LogP contribution in [0.5, 0.6) is 0 Å². The van der Waals surface area contributed by atoms with E-state index in [0.29, 0.717) is 0 Å². The quantitative estimate of drug-likeness (QED) is 0.759. The second kappa shape index (κ2) is 4.38. The maximum atomic E-state index is 9.02. The lowest BCUT2D eigenvalue weighted by molar-refractivity contribution is 0.282. The molecule has 2 heteroatoms. The fourth-order valence-electron chi connectivity index (χ4n) is 1.78. The van der Waals surface area contributed by atoms with Gasteiger partial charge >= 0.3 is 0 Å². The molecule has 1 aromatic carbocycles. The van der Waals surface area contributed by atoms with Gasteiger partial charge in [-0.2, -0.15) is 0 Å². The molecule has 0 atom stereocenters.